The van der Waals surface area contributed by atoms with Gasteiger partial charge in [-0.05, 0) is 37.5 Å². The van der Waals surface area contributed by atoms with Crippen LogP contribution in [0.1, 0.15) is 29.4 Å². The number of nitrogens with one attached hydrogen (secondary N) is 3. The third kappa shape index (κ3) is 6.13. The Bertz CT molecular complexity index is 551. The molecule has 8 heteroatoms. The van der Waals surface area contributed by atoms with Gasteiger partial charge in [-0.2, -0.15) is 11.8 Å². The van der Waals surface area contributed by atoms with E-state index in [1.54, 1.807) is 30.8 Å². The van der Waals surface area contributed by atoms with Gasteiger partial charge in [-0.25, -0.2) is 0 Å². The molecule has 0 aromatic carbocycles. The average Bonchev–Trinajstić information content (AvgIpc) is 2.48. The van der Waals surface area contributed by atoms with Crippen molar-refractivity contribution in [3.63, 3.8) is 0 Å². The SMILES string of the molecule is CSCCC(NC(C)=O)C(=O)NNC(=O)c1ccnc(C)c1. The molecule has 0 saturated carbocycles. The highest BCUT2D eigenvalue weighted by Crippen LogP contribution is 2.02. The molecule has 1 aromatic rings. The zero-order valence-electron chi connectivity index (χ0n) is 12.8. The van der Waals surface area contributed by atoms with Crippen LogP contribution in [0.3, 0.4) is 0 Å². The molecule has 0 saturated heterocycles. The first kappa shape index (κ1) is 18.0. The number of aromatic nitrogens is 1. The van der Waals surface area contributed by atoms with Crippen molar-refractivity contribution >= 4 is 29.5 Å². The second-order valence-corrected chi connectivity index (χ2v) is 5.65. The lowest BCUT2D eigenvalue weighted by molar-refractivity contribution is -0.128. The van der Waals surface area contributed by atoms with E-state index in [2.05, 4.69) is 21.2 Å². The number of carbonyl (C=O) groups is 3. The lowest BCUT2D eigenvalue weighted by Crippen LogP contribution is -2.52. The number of hydrogen-bond acceptors (Lipinski definition) is 5. The molecule has 0 bridgehead atoms. The number of aryl methyl sites for hydroxylation is 1. The highest BCUT2D eigenvalue weighted by Gasteiger charge is 2.19. The Morgan fingerprint density at radius 3 is 2.64 bits per heavy atom. The summed E-state index contributed by atoms with van der Waals surface area (Å²) in [5.41, 5.74) is 5.76. The Hall–Kier alpha value is -2.09. The maximum atomic E-state index is 12.0. The van der Waals surface area contributed by atoms with Crippen LogP contribution in [0.25, 0.3) is 0 Å². The smallest absolute Gasteiger partial charge is 0.269 e. The molecule has 22 heavy (non-hydrogen) atoms. The second-order valence-electron chi connectivity index (χ2n) is 4.66. The van der Waals surface area contributed by atoms with Crippen molar-refractivity contribution in [1.82, 2.24) is 21.2 Å². The Labute approximate surface area is 133 Å². The normalized spacial score (nSPS) is 11.4. The third-order valence-corrected chi connectivity index (χ3v) is 3.41. The van der Waals surface area contributed by atoms with Crippen molar-refractivity contribution in [2.45, 2.75) is 26.3 Å². The largest absolute Gasteiger partial charge is 0.344 e. The van der Waals surface area contributed by atoms with Gasteiger partial charge in [-0.15, -0.1) is 0 Å². The number of carbonyl (C=O) groups excluding carboxylic acids is 3. The summed E-state index contributed by atoms with van der Waals surface area (Å²) in [6.45, 7) is 3.11. The van der Waals surface area contributed by atoms with Crippen LogP contribution in [0.2, 0.25) is 0 Å². The van der Waals surface area contributed by atoms with E-state index in [1.807, 2.05) is 6.26 Å². The van der Waals surface area contributed by atoms with Crippen LogP contribution in [-0.4, -0.2) is 40.8 Å². The van der Waals surface area contributed by atoms with Crippen molar-refractivity contribution in [2.24, 2.45) is 0 Å². The van der Waals surface area contributed by atoms with E-state index in [9.17, 15) is 14.4 Å². The summed E-state index contributed by atoms with van der Waals surface area (Å²) in [7, 11) is 0. The van der Waals surface area contributed by atoms with Crippen molar-refractivity contribution < 1.29 is 14.4 Å². The molecule has 0 spiro atoms. The molecule has 3 N–H and O–H groups in total. The molecule has 0 aliphatic heterocycles. The van der Waals surface area contributed by atoms with Gasteiger partial charge in [0.05, 0.1) is 0 Å². The van der Waals surface area contributed by atoms with Gasteiger partial charge < -0.3 is 5.32 Å². The van der Waals surface area contributed by atoms with Crippen LogP contribution >= 0.6 is 11.8 Å². The maximum Gasteiger partial charge on any atom is 0.269 e. The minimum atomic E-state index is -0.676. The topological polar surface area (TPSA) is 100 Å². The van der Waals surface area contributed by atoms with Gasteiger partial charge in [0.1, 0.15) is 6.04 Å². The molecule has 3 amide bonds. The number of thioether (sulfide) groups is 1. The van der Waals surface area contributed by atoms with E-state index in [0.717, 1.165) is 5.75 Å². The van der Waals surface area contributed by atoms with Crippen LogP contribution in [0.5, 0.6) is 0 Å². The number of amides is 3. The first-order valence-electron chi connectivity index (χ1n) is 6.73. The number of pyridine rings is 1. The molecule has 1 rings (SSSR count). The van der Waals surface area contributed by atoms with Crippen LogP contribution in [0.4, 0.5) is 0 Å². The molecule has 7 nitrogen and oxygen atoms in total. The lowest BCUT2D eigenvalue weighted by atomic mass is 10.2. The third-order valence-electron chi connectivity index (χ3n) is 2.76. The molecule has 120 valence electrons. The van der Waals surface area contributed by atoms with E-state index in [4.69, 9.17) is 0 Å². The molecule has 0 aliphatic carbocycles. The van der Waals surface area contributed by atoms with E-state index in [-0.39, 0.29) is 5.91 Å². The average molecular weight is 324 g/mol. The quantitative estimate of drug-likeness (QED) is 0.658. The Balaban J connectivity index is 2.58. The van der Waals surface area contributed by atoms with Crippen molar-refractivity contribution in [3.8, 4) is 0 Å². The Morgan fingerprint density at radius 1 is 1.32 bits per heavy atom. The van der Waals surface area contributed by atoms with Crippen LogP contribution in [0, 0.1) is 6.92 Å². The van der Waals surface area contributed by atoms with E-state index in [0.29, 0.717) is 17.7 Å². The summed E-state index contributed by atoms with van der Waals surface area (Å²) in [5, 5.41) is 2.56. The molecule has 0 aliphatic rings. The number of hydrogen-bond donors (Lipinski definition) is 3. The zero-order chi connectivity index (χ0) is 16.5. The number of rotatable bonds is 6. The fourth-order valence-corrected chi connectivity index (χ4v) is 2.19. The van der Waals surface area contributed by atoms with Gasteiger partial charge in [0, 0.05) is 24.4 Å². The summed E-state index contributed by atoms with van der Waals surface area (Å²) < 4.78 is 0. The van der Waals surface area contributed by atoms with Gasteiger partial charge in [-0.3, -0.25) is 30.2 Å². The molecule has 1 atom stereocenters. The van der Waals surface area contributed by atoms with Crippen LogP contribution < -0.4 is 16.2 Å². The van der Waals surface area contributed by atoms with Crippen LogP contribution in [0.15, 0.2) is 18.3 Å². The minimum Gasteiger partial charge on any atom is -0.344 e. The van der Waals surface area contributed by atoms with Gasteiger partial charge in [0.15, 0.2) is 0 Å². The molecule has 1 heterocycles. The van der Waals surface area contributed by atoms with Gasteiger partial charge >= 0.3 is 0 Å². The first-order chi connectivity index (χ1) is 10.4. The standard InChI is InChI=1S/C14H20N4O3S/c1-9-8-11(4-6-15-9)13(20)17-18-14(21)12(5-7-22-3)16-10(2)19/h4,6,8,12H,5,7H2,1-3H3,(H,16,19)(H,17,20)(H,18,21). The fraction of sp³-hybridized carbons (Fsp3) is 0.429. The molecular weight excluding hydrogens is 304 g/mol. The molecule has 1 unspecified atom stereocenters. The van der Waals surface area contributed by atoms with Crippen molar-refractivity contribution in [3.05, 3.63) is 29.6 Å². The molecule has 1 aromatic heterocycles. The number of nitrogens with zero attached hydrogens (tertiary/aromatic N) is 1. The first-order valence-corrected chi connectivity index (χ1v) is 8.12. The highest BCUT2D eigenvalue weighted by atomic mass is 32.2. The van der Waals surface area contributed by atoms with Crippen LogP contribution in [-0.2, 0) is 9.59 Å². The zero-order valence-corrected chi connectivity index (χ0v) is 13.6. The molecular formula is C14H20N4O3S. The Morgan fingerprint density at radius 2 is 2.05 bits per heavy atom. The molecule has 0 fully saturated rings. The van der Waals surface area contributed by atoms with Crippen molar-refractivity contribution in [1.29, 1.82) is 0 Å². The van der Waals surface area contributed by atoms with E-state index >= 15 is 0 Å². The van der Waals surface area contributed by atoms with E-state index < -0.39 is 17.9 Å². The van der Waals surface area contributed by atoms with Gasteiger partial charge in [0.2, 0.25) is 5.91 Å². The summed E-state index contributed by atoms with van der Waals surface area (Å²) in [4.78, 5) is 39.1. The predicted octanol–water partition coefficient (Wildman–Crippen LogP) is 0.409. The summed E-state index contributed by atoms with van der Waals surface area (Å²) in [6.07, 6.45) is 3.91. The second kappa shape index (κ2) is 9.04. The lowest BCUT2D eigenvalue weighted by Gasteiger charge is -2.17. The highest BCUT2D eigenvalue weighted by molar-refractivity contribution is 7.98. The minimum absolute atomic E-state index is 0.294. The fourth-order valence-electron chi connectivity index (χ4n) is 1.71. The Kier molecular flexibility index (Phi) is 7.38. The van der Waals surface area contributed by atoms with Crippen molar-refractivity contribution in [2.75, 3.05) is 12.0 Å². The predicted molar refractivity (Wildman–Crippen MR) is 85.2 cm³/mol. The van der Waals surface area contributed by atoms with Gasteiger partial charge in [-0.1, -0.05) is 0 Å². The number of hydrazine groups is 1. The summed E-state index contributed by atoms with van der Waals surface area (Å²) >= 11 is 1.57. The van der Waals surface area contributed by atoms with Gasteiger partial charge in [0.25, 0.3) is 11.8 Å². The maximum absolute atomic E-state index is 12.0. The summed E-state index contributed by atoms with van der Waals surface area (Å²) in [6, 6.07) is 2.48. The van der Waals surface area contributed by atoms with E-state index in [1.165, 1.54) is 13.1 Å². The molecule has 0 radical (unpaired) electrons. The monoisotopic (exact) mass is 324 g/mol. The summed E-state index contributed by atoms with van der Waals surface area (Å²) in [5.74, 6) is -0.471.